The molecule has 0 aliphatic carbocycles. The van der Waals surface area contributed by atoms with Crippen LogP contribution in [0.5, 0.6) is 0 Å². The third-order valence-electron chi connectivity index (χ3n) is 1.36. The second kappa shape index (κ2) is 2.86. The molecule has 1 aliphatic rings. The Morgan fingerprint density at radius 2 is 2.10 bits per heavy atom. The summed E-state index contributed by atoms with van der Waals surface area (Å²) in [6, 6.07) is 0. The Bertz CT molecular complexity index is 159. The Balaban J connectivity index is 2.66. The van der Waals surface area contributed by atoms with Crippen molar-refractivity contribution in [3.05, 3.63) is 24.4 Å². The van der Waals surface area contributed by atoms with E-state index in [0.717, 1.165) is 0 Å². The fourth-order valence-electron chi connectivity index (χ4n) is 0.734. The third kappa shape index (κ3) is 1.20. The molecule has 0 amide bonds. The van der Waals surface area contributed by atoms with Crippen LogP contribution in [0.25, 0.3) is 0 Å². The van der Waals surface area contributed by atoms with Gasteiger partial charge in [-0.1, -0.05) is 0 Å². The number of nitrogens with one attached hydrogen (secondary N) is 1. The average molecular weight is 140 g/mol. The van der Waals surface area contributed by atoms with Gasteiger partial charge in [-0.2, -0.15) is 0 Å². The molecule has 10 heavy (non-hydrogen) atoms. The zero-order valence-electron chi connectivity index (χ0n) is 6.05. The predicted octanol–water partition coefficient (Wildman–Crippen LogP) is 0.409. The van der Waals surface area contributed by atoms with Crippen molar-refractivity contribution in [2.45, 2.75) is 5.91 Å². The number of methoxy groups -OCH3 is 2. The SMILES string of the molecule is COC1(OC)C=C[C]=CN1. The van der Waals surface area contributed by atoms with Gasteiger partial charge in [-0.05, 0) is 18.2 Å². The Labute approximate surface area is 60.3 Å². The number of hydrogen-bond acceptors (Lipinski definition) is 3. The van der Waals surface area contributed by atoms with E-state index in [2.05, 4.69) is 11.4 Å². The minimum absolute atomic E-state index is 0.786. The molecule has 1 radical (unpaired) electrons. The third-order valence-corrected chi connectivity index (χ3v) is 1.36. The first-order valence-electron chi connectivity index (χ1n) is 2.96. The molecule has 0 spiro atoms. The maximum Gasteiger partial charge on any atom is 0.269 e. The number of allylic oxidation sites excluding steroid dienone is 2. The maximum atomic E-state index is 5.04. The molecule has 1 rings (SSSR count). The molecule has 0 fully saturated rings. The van der Waals surface area contributed by atoms with Crippen molar-refractivity contribution in [2.75, 3.05) is 14.2 Å². The highest BCUT2D eigenvalue weighted by Crippen LogP contribution is 2.11. The number of rotatable bonds is 2. The zero-order valence-corrected chi connectivity index (χ0v) is 6.05. The van der Waals surface area contributed by atoms with Gasteiger partial charge in [-0.25, -0.2) is 0 Å². The lowest BCUT2D eigenvalue weighted by molar-refractivity contribution is -0.184. The van der Waals surface area contributed by atoms with E-state index in [-0.39, 0.29) is 0 Å². The molecule has 55 valence electrons. The van der Waals surface area contributed by atoms with Crippen molar-refractivity contribution >= 4 is 0 Å². The number of dihydropyridines is 1. The summed E-state index contributed by atoms with van der Waals surface area (Å²) in [5, 5.41) is 2.86. The lowest BCUT2D eigenvalue weighted by Gasteiger charge is -2.28. The summed E-state index contributed by atoms with van der Waals surface area (Å²) in [4.78, 5) is 0. The van der Waals surface area contributed by atoms with Crippen LogP contribution in [-0.2, 0) is 9.47 Å². The summed E-state index contributed by atoms with van der Waals surface area (Å²) in [5.74, 6) is -0.786. The van der Waals surface area contributed by atoms with E-state index < -0.39 is 5.91 Å². The van der Waals surface area contributed by atoms with Crippen LogP contribution in [0.2, 0.25) is 0 Å². The van der Waals surface area contributed by atoms with E-state index in [1.54, 1.807) is 32.6 Å². The quantitative estimate of drug-likeness (QED) is 0.563. The van der Waals surface area contributed by atoms with Gasteiger partial charge in [0, 0.05) is 20.4 Å². The average Bonchev–Trinajstić information content (AvgIpc) is 2.06. The summed E-state index contributed by atoms with van der Waals surface area (Å²) >= 11 is 0. The van der Waals surface area contributed by atoms with Crippen LogP contribution in [-0.4, -0.2) is 20.1 Å². The van der Waals surface area contributed by atoms with Crippen molar-refractivity contribution in [3.63, 3.8) is 0 Å². The van der Waals surface area contributed by atoms with E-state index in [1.165, 1.54) is 0 Å². The Hall–Kier alpha value is -0.800. The molecule has 0 aromatic rings. The van der Waals surface area contributed by atoms with Gasteiger partial charge in [-0.15, -0.1) is 0 Å². The van der Waals surface area contributed by atoms with Crippen LogP contribution in [0.4, 0.5) is 0 Å². The molecule has 0 saturated heterocycles. The van der Waals surface area contributed by atoms with Crippen molar-refractivity contribution in [2.24, 2.45) is 0 Å². The smallest absolute Gasteiger partial charge is 0.269 e. The molecule has 0 bridgehead atoms. The van der Waals surface area contributed by atoms with Crippen molar-refractivity contribution in [1.29, 1.82) is 0 Å². The van der Waals surface area contributed by atoms with E-state index >= 15 is 0 Å². The fraction of sp³-hybridized carbons (Fsp3) is 0.429. The van der Waals surface area contributed by atoms with E-state index in [1.807, 2.05) is 0 Å². The minimum atomic E-state index is -0.786. The summed E-state index contributed by atoms with van der Waals surface area (Å²) in [7, 11) is 3.14. The highest BCUT2D eigenvalue weighted by molar-refractivity contribution is 5.08. The Morgan fingerprint density at radius 1 is 1.40 bits per heavy atom. The van der Waals surface area contributed by atoms with Crippen molar-refractivity contribution in [1.82, 2.24) is 5.32 Å². The van der Waals surface area contributed by atoms with Crippen molar-refractivity contribution in [3.8, 4) is 0 Å². The minimum Gasteiger partial charge on any atom is -0.337 e. The summed E-state index contributed by atoms with van der Waals surface area (Å²) < 4.78 is 10.1. The van der Waals surface area contributed by atoms with Crippen LogP contribution in [0.15, 0.2) is 18.4 Å². The molecule has 0 saturated carbocycles. The summed E-state index contributed by atoms with van der Waals surface area (Å²) in [5.41, 5.74) is 0. The van der Waals surface area contributed by atoms with Gasteiger partial charge in [0.2, 0.25) is 0 Å². The van der Waals surface area contributed by atoms with E-state index in [9.17, 15) is 0 Å². The largest absolute Gasteiger partial charge is 0.337 e. The molecule has 0 aromatic heterocycles. The van der Waals surface area contributed by atoms with Gasteiger partial charge in [0.25, 0.3) is 5.91 Å². The molecule has 1 heterocycles. The van der Waals surface area contributed by atoms with Gasteiger partial charge < -0.3 is 14.8 Å². The number of hydrogen-bond donors (Lipinski definition) is 1. The topological polar surface area (TPSA) is 30.5 Å². The molecule has 0 unspecified atom stereocenters. The molecule has 3 nitrogen and oxygen atoms in total. The molecule has 1 N–H and O–H groups in total. The molecule has 0 aromatic carbocycles. The van der Waals surface area contributed by atoms with Crippen LogP contribution in [0, 0.1) is 6.08 Å². The van der Waals surface area contributed by atoms with Gasteiger partial charge in [0.15, 0.2) is 0 Å². The van der Waals surface area contributed by atoms with Crippen molar-refractivity contribution < 1.29 is 9.47 Å². The first-order valence-corrected chi connectivity index (χ1v) is 2.96. The first-order chi connectivity index (χ1) is 4.83. The first kappa shape index (κ1) is 7.31. The Kier molecular flexibility index (Phi) is 2.09. The molecular weight excluding hydrogens is 130 g/mol. The Morgan fingerprint density at radius 3 is 2.40 bits per heavy atom. The van der Waals surface area contributed by atoms with E-state index in [0.29, 0.717) is 0 Å². The van der Waals surface area contributed by atoms with Crippen LogP contribution in [0.1, 0.15) is 0 Å². The van der Waals surface area contributed by atoms with Crippen LogP contribution < -0.4 is 5.32 Å². The number of ether oxygens (including phenoxy) is 2. The van der Waals surface area contributed by atoms with Gasteiger partial charge in [0.05, 0.1) is 0 Å². The molecular formula is C7H10NO2. The normalized spacial score (nSPS) is 20.6. The van der Waals surface area contributed by atoms with Crippen LogP contribution >= 0.6 is 0 Å². The molecule has 3 heteroatoms. The second-order valence-corrected chi connectivity index (χ2v) is 1.86. The highest BCUT2D eigenvalue weighted by atomic mass is 16.7. The van der Waals surface area contributed by atoms with Gasteiger partial charge >= 0.3 is 0 Å². The van der Waals surface area contributed by atoms with Gasteiger partial charge in [0.1, 0.15) is 0 Å². The summed E-state index contributed by atoms with van der Waals surface area (Å²) in [6.45, 7) is 0. The molecule has 0 atom stereocenters. The zero-order chi connectivity index (χ0) is 7.45. The predicted molar refractivity (Wildman–Crippen MR) is 36.8 cm³/mol. The lowest BCUT2D eigenvalue weighted by atomic mass is 10.3. The standard InChI is InChI=1S/C7H10NO2/c1-9-7(10-2)5-3-4-6-8-7/h3,5-6,8H,1-2H3. The lowest BCUT2D eigenvalue weighted by Crippen LogP contribution is -2.45. The van der Waals surface area contributed by atoms with Gasteiger partial charge in [-0.3, -0.25) is 0 Å². The van der Waals surface area contributed by atoms with Crippen LogP contribution in [0.3, 0.4) is 0 Å². The molecule has 1 aliphatic heterocycles. The fourth-order valence-corrected chi connectivity index (χ4v) is 0.734. The second-order valence-electron chi connectivity index (χ2n) is 1.86. The maximum absolute atomic E-state index is 5.04. The summed E-state index contributed by atoms with van der Waals surface area (Å²) in [6.07, 6.45) is 7.96. The van der Waals surface area contributed by atoms with E-state index in [4.69, 9.17) is 9.47 Å². The monoisotopic (exact) mass is 140 g/mol. The highest BCUT2D eigenvalue weighted by Gasteiger charge is 2.24.